The molecule has 0 radical (unpaired) electrons. The molecule has 0 spiro atoms. The minimum absolute atomic E-state index is 0.134. The largest absolute Gasteiger partial charge is 0.417 e. The van der Waals surface area contributed by atoms with Crippen molar-refractivity contribution in [2.75, 3.05) is 0 Å². The number of amides is 1. The summed E-state index contributed by atoms with van der Waals surface area (Å²) >= 11 is 0. The Morgan fingerprint density at radius 3 is 2.56 bits per heavy atom. The van der Waals surface area contributed by atoms with Crippen LogP contribution in [0.4, 0.5) is 13.2 Å². The summed E-state index contributed by atoms with van der Waals surface area (Å²) in [6.07, 6.45) is -1.39. The lowest BCUT2D eigenvalue weighted by Gasteiger charge is -2.10. The SMILES string of the molecule is O=C(NS(=O)(=O)c1ccc(C(F)(F)F)cn1)c1noc2c1CCCC2. The Hall–Kier alpha value is -2.43. The smallest absolute Gasteiger partial charge is 0.360 e. The molecular weight excluding hydrogens is 363 g/mol. The van der Waals surface area contributed by atoms with E-state index in [1.54, 1.807) is 4.72 Å². The van der Waals surface area contributed by atoms with E-state index < -0.39 is 32.7 Å². The first-order chi connectivity index (χ1) is 11.7. The number of rotatable bonds is 3. The van der Waals surface area contributed by atoms with Crippen LogP contribution in [-0.4, -0.2) is 24.5 Å². The Morgan fingerprint density at radius 1 is 1.20 bits per heavy atom. The molecule has 2 heterocycles. The highest BCUT2D eigenvalue weighted by Crippen LogP contribution is 2.29. The van der Waals surface area contributed by atoms with E-state index in [9.17, 15) is 26.4 Å². The molecule has 1 aliphatic carbocycles. The monoisotopic (exact) mass is 375 g/mol. The molecule has 134 valence electrons. The fraction of sp³-hybridized carbons (Fsp3) is 0.357. The minimum atomic E-state index is -4.64. The topological polar surface area (TPSA) is 102 Å². The molecule has 3 rings (SSSR count). The lowest BCUT2D eigenvalue weighted by atomic mass is 9.96. The summed E-state index contributed by atoms with van der Waals surface area (Å²) in [5.41, 5.74) is -0.673. The van der Waals surface area contributed by atoms with Crippen molar-refractivity contribution in [3.8, 4) is 0 Å². The van der Waals surface area contributed by atoms with Crippen molar-refractivity contribution in [1.82, 2.24) is 14.9 Å². The first-order valence-corrected chi connectivity index (χ1v) is 8.74. The molecule has 1 aliphatic rings. The van der Waals surface area contributed by atoms with Gasteiger partial charge in [-0.25, -0.2) is 9.71 Å². The molecule has 0 atom stereocenters. The van der Waals surface area contributed by atoms with Crippen molar-refractivity contribution in [1.29, 1.82) is 0 Å². The molecule has 25 heavy (non-hydrogen) atoms. The quantitative estimate of drug-likeness (QED) is 0.881. The second kappa shape index (κ2) is 6.14. The zero-order valence-electron chi connectivity index (χ0n) is 12.6. The van der Waals surface area contributed by atoms with Crippen LogP contribution in [0.15, 0.2) is 27.9 Å². The van der Waals surface area contributed by atoms with Gasteiger partial charge in [0.1, 0.15) is 5.76 Å². The summed E-state index contributed by atoms with van der Waals surface area (Å²) in [6, 6.07) is 1.25. The Kier molecular flexibility index (Phi) is 4.27. The third-order valence-electron chi connectivity index (χ3n) is 3.73. The van der Waals surface area contributed by atoms with E-state index in [0.717, 1.165) is 12.8 Å². The van der Waals surface area contributed by atoms with Gasteiger partial charge in [0.2, 0.25) is 0 Å². The van der Waals surface area contributed by atoms with Crippen molar-refractivity contribution in [3.05, 3.63) is 40.9 Å². The van der Waals surface area contributed by atoms with Gasteiger partial charge in [0.05, 0.1) is 5.56 Å². The van der Waals surface area contributed by atoms with E-state index in [4.69, 9.17) is 4.52 Å². The molecule has 2 aromatic heterocycles. The molecule has 0 bridgehead atoms. The van der Waals surface area contributed by atoms with Gasteiger partial charge in [0.25, 0.3) is 15.9 Å². The maximum atomic E-state index is 12.5. The molecule has 11 heteroatoms. The van der Waals surface area contributed by atoms with Crippen molar-refractivity contribution < 1.29 is 30.9 Å². The molecule has 1 N–H and O–H groups in total. The molecule has 0 fully saturated rings. The van der Waals surface area contributed by atoms with Crippen LogP contribution in [-0.2, 0) is 29.0 Å². The average molecular weight is 375 g/mol. The van der Waals surface area contributed by atoms with Gasteiger partial charge in [-0.2, -0.15) is 21.6 Å². The Labute approximate surface area is 140 Å². The van der Waals surface area contributed by atoms with Gasteiger partial charge in [-0.1, -0.05) is 5.16 Å². The first-order valence-electron chi connectivity index (χ1n) is 7.26. The Bertz CT molecular complexity index is 904. The standard InChI is InChI=1S/C14H12F3N3O4S/c15-14(16,17)8-5-6-11(18-7-8)25(22,23)20-13(21)12-9-3-1-2-4-10(9)24-19-12/h5-7H,1-4H2,(H,20,21). The molecule has 1 amide bonds. The maximum Gasteiger partial charge on any atom is 0.417 e. The van der Waals surface area contributed by atoms with Gasteiger partial charge in [-0.3, -0.25) is 4.79 Å². The normalized spacial score (nSPS) is 14.8. The average Bonchev–Trinajstić information content (AvgIpc) is 2.98. The van der Waals surface area contributed by atoms with Crippen LogP contribution in [0.3, 0.4) is 0 Å². The van der Waals surface area contributed by atoms with Crippen LogP contribution in [0.2, 0.25) is 0 Å². The molecule has 0 aromatic carbocycles. The van der Waals surface area contributed by atoms with Crippen LogP contribution in [0.1, 0.15) is 40.2 Å². The zero-order chi connectivity index (χ0) is 18.2. The zero-order valence-corrected chi connectivity index (χ0v) is 13.4. The number of pyridine rings is 1. The maximum absolute atomic E-state index is 12.5. The third-order valence-corrected chi connectivity index (χ3v) is 4.98. The molecule has 0 unspecified atom stereocenters. The van der Waals surface area contributed by atoms with Crippen LogP contribution in [0, 0.1) is 0 Å². The Morgan fingerprint density at radius 2 is 1.92 bits per heavy atom. The van der Waals surface area contributed by atoms with E-state index in [2.05, 4.69) is 10.1 Å². The van der Waals surface area contributed by atoms with Crippen LogP contribution < -0.4 is 4.72 Å². The molecule has 7 nitrogen and oxygen atoms in total. The minimum Gasteiger partial charge on any atom is -0.360 e. The van der Waals surface area contributed by atoms with E-state index in [-0.39, 0.29) is 5.69 Å². The molecule has 2 aromatic rings. The first kappa shape index (κ1) is 17.4. The number of halogens is 3. The predicted molar refractivity (Wildman–Crippen MR) is 77.0 cm³/mol. The van der Waals surface area contributed by atoms with Gasteiger partial charge in [-0.15, -0.1) is 0 Å². The van der Waals surface area contributed by atoms with Gasteiger partial charge >= 0.3 is 6.18 Å². The predicted octanol–water partition coefficient (Wildman–Crippen LogP) is 2.09. The summed E-state index contributed by atoms with van der Waals surface area (Å²) in [6.45, 7) is 0. The van der Waals surface area contributed by atoms with Crippen molar-refractivity contribution in [3.63, 3.8) is 0 Å². The van der Waals surface area contributed by atoms with Crippen LogP contribution in [0.25, 0.3) is 0 Å². The fourth-order valence-corrected chi connectivity index (χ4v) is 3.38. The number of sulfonamides is 1. The lowest BCUT2D eigenvalue weighted by molar-refractivity contribution is -0.137. The second-order valence-electron chi connectivity index (χ2n) is 5.46. The number of hydrogen-bond acceptors (Lipinski definition) is 6. The number of nitrogens with one attached hydrogen (secondary N) is 1. The highest BCUT2D eigenvalue weighted by molar-refractivity contribution is 7.90. The lowest BCUT2D eigenvalue weighted by Crippen LogP contribution is -2.32. The highest BCUT2D eigenvalue weighted by Gasteiger charge is 2.32. The molecule has 0 saturated carbocycles. The van der Waals surface area contributed by atoms with Crippen LogP contribution >= 0.6 is 0 Å². The van der Waals surface area contributed by atoms with Crippen LogP contribution in [0.5, 0.6) is 0 Å². The second-order valence-corrected chi connectivity index (χ2v) is 7.09. The number of carbonyl (C=O) groups is 1. The summed E-state index contributed by atoms with van der Waals surface area (Å²) in [4.78, 5) is 15.4. The van der Waals surface area contributed by atoms with Gasteiger partial charge in [0, 0.05) is 18.2 Å². The van der Waals surface area contributed by atoms with Crippen molar-refractivity contribution in [2.45, 2.75) is 36.9 Å². The van der Waals surface area contributed by atoms with E-state index in [1.165, 1.54) is 0 Å². The third kappa shape index (κ3) is 3.50. The number of carbonyl (C=O) groups excluding carboxylic acids is 1. The van der Waals surface area contributed by atoms with E-state index >= 15 is 0 Å². The van der Waals surface area contributed by atoms with Crippen molar-refractivity contribution in [2.24, 2.45) is 0 Å². The number of nitrogens with zero attached hydrogens (tertiary/aromatic N) is 2. The number of hydrogen-bond donors (Lipinski definition) is 1. The number of aryl methyl sites for hydroxylation is 1. The van der Waals surface area contributed by atoms with Crippen molar-refractivity contribution >= 4 is 15.9 Å². The number of alkyl halides is 3. The molecule has 0 aliphatic heterocycles. The number of fused-ring (bicyclic) bond motifs is 1. The van der Waals surface area contributed by atoms with Gasteiger partial charge in [0.15, 0.2) is 10.7 Å². The fourth-order valence-electron chi connectivity index (χ4n) is 2.49. The van der Waals surface area contributed by atoms with Gasteiger partial charge in [-0.05, 0) is 31.4 Å². The summed E-state index contributed by atoms with van der Waals surface area (Å²) < 4.78 is 68.5. The van der Waals surface area contributed by atoms with Gasteiger partial charge < -0.3 is 4.52 Å². The highest BCUT2D eigenvalue weighted by atomic mass is 32.2. The molecule has 0 saturated heterocycles. The molecular formula is C14H12F3N3O4S. The van der Waals surface area contributed by atoms with E-state index in [1.807, 2.05) is 0 Å². The summed E-state index contributed by atoms with van der Waals surface area (Å²) in [5, 5.41) is 2.90. The summed E-state index contributed by atoms with van der Waals surface area (Å²) in [7, 11) is -4.43. The number of aromatic nitrogens is 2. The van der Waals surface area contributed by atoms with E-state index in [0.29, 0.717) is 42.5 Å². The Balaban J connectivity index is 1.82. The summed E-state index contributed by atoms with van der Waals surface area (Å²) in [5.74, 6) is -0.463.